The highest BCUT2D eigenvalue weighted by molar-refractivity contribution is 7.26. The summed E-state index contributed by atoms with van der Waals surface area (Å²) in [5.41, 5.74) is 19.5. The number of hydrogen-bond donors (Lipinski definition) is 0. The van der Waals surface area contributed by atoms with Crippen molar-refractivity contribution in [2.24, 2.45) is 0 Å². The molecule has 0 aliphatic heterocycles. The number of rotatable bonds is 8. The van der Waals surface area contributed by atoms with Crippen LogP contribution in [0.25, 0.3) is 51.5 Å². The minimum absolute atomic E-state index is 0.205. The summed E-state index contributed by atoms with van der Waals surface area (Å²) in [5, 5.41) is 5.18. The molecular weight excluding hydrogens is 933 g/mol. The van der Waals surface area contributed by atoms with Gasteiger partial charge >= 0.3 is 0 Å². The number of hydrogen-bond acceptors (Lipinski definition) is 4. The van der Waals surface area contributed by atoms with Crippen molar-refractivity contribution in [3.05, 3.63) is 263 Å². The van der Waals surface area contributed by atoms with E-state index in [0.717, 1.165) is 22.7 Å². The van der Waals surface area contributed by atoms with Crippen molar-refractivity contribution in [3.63, 3.8) is 0 Å². The van der Waals surface area contributed by atoms with Crippen LogP contribution < -0.4 is 9.80 Å². The molecule has 0 N–H and O–H groups in total. The van der Waals surface area contributed by atoms with Crippen LogP contribution in [0, 0.1) is 0 Å². The van der Waals surface area contributed by atoms with Gasteiger partial charge in [-0.25, -0.2) is 0 Å². The fourth-order valence-corrected chi connectivity index (χ4v) is 15.3. The fraction of sp³-hybridized carbons (Fsp3) is 0.143. The van der Waals surface area contributed by atoms with Gasteiger partial charge in [0.25, 0.3) is 0 Å². The summed E-state index contributed by atoms with van der Waals surface area (Å²) in [6, 6.07) is 83.4. The zero-order valence-corrected chi connectivity index (χ0v) is 44.3. The third kappa shape index (κ3) is 6.54. The molecule has 10 aromatic carbocycles. The van der Waals surface area contributed by atoms with Gasteiger partial charge < -0.3 is 9.80 Å². The second-order valence-corrected chi connectivity index (χ2v) is 23.7. The first-order valence-electron chi connectivity index (χ1n) is 26.2. The van der Waals surface area contributed by atoms with Gasteiger partial charge in [0.15, 0.2) is 0 Å². The molecule has 2 aliphatic rings. The third-order valence-corrected chi connectivity index (χ3v) is 18.9. The molecule has 0 saturated carbocycles. The van der Waals surface area contributed by atoms with Gasteiger partial charge in [0, 0.05) is 59.1 Å². The molecule has 0 radical (unpaired) electrons. The van der Waals surface area contributed by atoms with E-state index < -0.39 is 5.41 Å². The van der Waals surface area contributed by atoms with Gasteiger partial charge in [0.2, 0.25) is 0 Å². The van der Waals surface area contributed by atoms with Gasteiger partial charge in [-0.05, 0) is 140 Å². The highest BCUT2D eigenvalue weighted by Crippen LogP contribution is 2.64. The number of nitrogens with zero attached hydrogens (tertiary/aromatic N) is 2. The first-order valence-corrected chi connectivity index (χ1v) is 27.8. The molecule has 14 rings (SSSR count). The lowest BCUT2D eigenvalue weighted by molar-refractivity contribution is 0.563. The van der Waals surface area contributed by atoms with Crippen molar-refractivity contribution in [1.29, 1.82) is 0 Å². The van der Waals surface area contributed by atoms with Crippen LogP contribution in [-0.4, -0.2) is 0 Å². The van der Waals surface area contributed by atoms with E-state index in [0.29, 0.717) is 11.8 Å². The van der Waals surface area contributed by atoms with E-state index in [1.807, 2.05) is 22.7 Å². The molecule has 0 unspecified atom stereocenters. The van der Waals surface area contributed by atoms with Crippen LogP contribution >= 0.6 is 22.7 Å². The van der Waals surface area contributed by atoms with E-state index in [4.69, 9.17) is 0 Å². The molecule has 2 aliphatic carbocycles. The average molecular weight is 989 g/mol. The van der Waals surface area contributed by atoms with Crippen LogP contribution in [0.5, 0.6) is 0 Å². The zero-order valence-electron chi connectivity index (χ0n) is 42.7. The maximum absolute atomic E-state index is 2.54. The van der Waals surface area contributed by atoms with Crippen LogP contribution in [-0.2, 0) is 10.8 Å². The maximum Gasteiger partial charge on any atom is 0.0719 e. The van der Waals surface area contributed by atoms with E-state index >= 15 is 0 Å². The lowest BCUT2D eigenvalue weighted by atomic mass is 9.55. The first kappa shape index (κ1) is 44.9. The molecule has 0 bridgehead atoms. The minimum atomic E-state index is -0.563. The molecule has 358 valence electrons. The fourth-order valence-electron chi connectivity index (χ4n) is 12.9. The molecule has 0 saturated heterocycles. The number of benzene rings is 10. The molecule has 2 nitrogen and oxygen atoms in total. The Bertz CT molecular complexity index is 3950. The summed E-state index contributed by atoms with van der Waals surface area (Å²) in [5.74, 6) is 0.751. The second kappa shape index (κ2) is 16.9. The predicted molar refractivity (Wildman–Crippen MR) is 319 cm³/mol. The Morgan fingerprint density at radius 3 is 1.16 bits per heavy atom. The van der Waals surface area contributed by atoms with Gasteiger partial charge in [-0.15, -0.1) is 22.7 Å². The summed E-state index contributed by atoms with van der Waals surface area (Å²) < 4.78 is 5.18. The number of thiophene rings is 2. The van der Waals surface area contributed by atoms with E-state index in [2.05, 4.69) is 270 Å². The number of anilines is 6. The Balaban J connectivity index is 1.07. The van der Waals surface area contributed by atoms with Crippen LogP contribution in [0.2, 0.25) is 0 Å². The molecule has 74 heavy (non-hydrogen) atoms. The Hall–Kier alpha value is -7.76. The van der Waals surface area contributed by atoms with Crippen molar-refractivity contribution in [3.8, 4) is 11.1 Å². The van der Waals surface area contributed by atoms with Gasteiger partial charge in [0.05, 0.1) is 26.2 Å². The SMILES string of the molecule is CC(C)c1cccc(N(c2ccc3c(c2)-c2cc(N(c4cccc(C(C)C)c4)c4cccc5c4sc4ccccc45)ccc2C32c3ccccc3C(C)(C)c3ccccc32)c2cccc3c2sc2ccccc23)c1. The van der Waals surface area contributed by atoms with Crippen molar-refractivity contribution in [1.82, 2.24) is 0 Å². The summed E-state index contributed by atoms with van der Waals surface area (Å²) in [6.07, 6.45) is 0. The van der Waals surface area contributed by atoms with E-state index in [9.17, 15) is 0 Å². The standard InChI is InChI=1S/C70H56N2S2/c1-43(2)45-19-15-21-47(39-45)71(63-31-17-25-53-51-23-7-13-33-65(51)73-67(53)63)49-35-37-57-55(41-49)56-42-50(36-38-58(56)70(57)61-29-11-9-27-59(61)69(5,6)60-28-10-12-30-62(60)70)72(48-22-16-20-46(40-48)44(3)4)64-32-18-26-54-52-24-8-14-34-66(52)74-68(54)64/h7-44H,1-6H3. The lowest BCUT2D eigenvalue weighted by Gasteiger charge is -2.46. The molecule has 4 heteroatoms. The van der Waals surface area contributed by atoms with Gasteiger partial charge in [0.1, 0.15) is 0 Å². The van der Waals surface area contributed by atoms with Crippen molar-refractivity contribution in [2.45, 2.75) is 64.2 Å². The second-order valence-electron chi connectivity index (χ2n) is 21.6. The highest BCUT2D eigenvalue weighted by Gasteiger charge is 2.53. The van der Waals surface area contributed by atoms with Crippen molar-refractivity contribution in [2.75, 3.05) is 9.80 Å². The van der Waals surface area contributed by atoms with Crippen molar-refractivity contribution < 1.29 is 0 Å². The third-order valence-electron chi connectivity index (χ3n) is 16.5. The van der Waals surface area contributed by atoms with Crippen molar-refractivity contribution >= 4 is 97.1 Å². The maximum atomic E-state index is 2.54. The summed E-state index contributed by atoms with van der Waals surface area (Å²) >= 11 is 3.78. The van der Waals surface area contributed by atoms with E-state index in [1.165, 1.54) is 107 Å². The lowest BCUT2D eigenvalue weighted by Crippen LogP contribution is -2.40. The minimum Gasteiger partial charge on any atom is -0.309 e. The van der Waals surface area contributed by atoms with E-state index in [-0.39, 0.29) is 5.41 Å². The molecule has 0 atom stereocenters. The monoisotopic (exact) mass is 988 g/mol. The van der Waals surface area contributed by atoms with Gasteiger partial charge in [-0.3, -0.25) is 0 Å². The zero-order chi connectivity index (χ0) is 50.0. The molecule has 0 fully saturated rings. The summed E-state index contributed by atoms with van der Waals surface area (Å²) in [4.78, 5) is 5.08. The topological polar surface area (TPSA) is 6.48 Å². The highest BCUT2D eigenvalue weighted by atomic mass is 32.1. The molecule has 1 spiro atoms. The van der Waals surface area contributed by atoms with Crippen LogP contribution in [0.4, 0.5) is 34.1 Å². The van der Waals surface area contributed by atoms with Gasteiger partial charge in [-0.1, -0.05) is 187 Å². The van der Waals surface area contributed by atoms with Crippen LogP contribution in [0.1, 0.15) is 97.9 Å². The molecular formula is C70H56N2S2. The van der Waals surface area contributed by atoms with Crippen LogP contribution in [0.15, 0.2) is 218 Å². The molecule has 2 aromatic heterocycles. The summed E-state index contributed by atoms with van der Waals surface area (Å²) in [7, 11) is 0. The summed E-state index contributed by atoms with van der Waals surface area (Å²) in [6.45, 7) is 14.0. The van der Waals surface area contributed by atoms with E-state index in [1.54, 1.807) is 0 Å². The predicted octanol–water partition coefficient (Wildman–Crippen LogP) is 20.6. The quantitative estimate of drug-likeness (QED) is 0.150. The Morgan fingerprint density at radius 2 is 0.716 bits per heavy atom. The molecule has 12 aromatic rings. The Kier molecular flexibility index (Phi) is 10.3. The Morgan fingerprint density at radius 1 is 0.338 bits per heavy atom. The molecule has 2 heterocycles. The van der Waals surface area contributed by atoms with Crippen LogP contribution in [0.3, 0.4) is 0 Å². The Labute approximate surface area is 442 Å². The smallest absolute Gasteiger partial charge is 0.0719 e. The normalized spacial score (nSPS) is 14.0. The largest absolute Gasteiger partial charge is 0.309 e. The molecule has 0 amide bonds. The average Bonchev–Trinajstić information content (AvgIpc) is 4.14. The first-order chi connectivity index (χ1) is 36.1. The number of fused-ring (bicyclic) bond motifs is 15. The van der Waals surface area contributed by atoms with Gasteiger partial charge in [-0.2, -0.15) is 0 Å².